The summed E-state index contributed by atoms with van der Waals surface area (Å²) in [5.74, 6) is 0.989. The molecule has 0 bridgehead atoms. The summed E-state index contributed by atoms with van der Waals surface area (Å²) in [5.41, 5.74) is 12.2. The van der Waals surface area contributed by atoms with Crippen LogP contribution in [-0.2, 0) is 0 Å². The molecule has 0 aliphatic carbocycles. The van der Waals surface area contributed by atoms with Crippen LogP contribution in [0.15, 0.2) is 30.3 Å². The van der Waals surface area contributed by atoms with Gasteiger partial charge in [-0.1, -0.05) is 37.3 Å². The van der Waals surface area contributed by atoms with E-state index in [9.17, 15) is 0 Å². The SMILES string of the molecule is CC(CNc1nc(N)nc(N)n1)c1ccccc1. The van der Waals surface area contributed by atoms with Crippen molar-refractivity contribution in [3.8, 4) is 0 Å². The topological polar surface area (TPSA) is 103 Å². The van der Waals surface area contributed by atoms with Crippen LogP contribution < -0.4 is 16.8 Å². The summed E-state index contributed by atoms with van der Waals surface area (Å²) >= 11 is 0. The van der Waals surface area contributed by atoms with Gasteiger partial charge in [-0.15, -0.1) is 0 Å². The molecule has 1 aromatic carbocycles. The molecule has 1 unspecified atom stereocenters. The molecule has 2 rings (SSSR count). The number of hydrogen-bond acceptors (Lipinski definition) is 6. The Morgan fingerprint density at radius 1 is 1.06 bits per heavy atom. The van der Waals surface area contributed by atoms with E-state index >= 15 is 0 Å². The van der Waals surface area contributed by atoms with Crippen molar-refractivity contribution in [2.24, 2.45) is 0 Å². The zero-order chi connectivity index (χ0) is 13.0. The molecule has 0 fully saturated rings. The van der Waals surface area contributed by atoms with Crippen molar-refractivity contribution in [3.63, 3.8) is 0 Å². The van der Waals surface area contributed by atoms with Crippen molar-refractivity contribution in [1.82, 2.24) is 15.0 Å². The van der Waals surface area contributed by atoms with Crippen molar-refractivity contribution >= 4 is 17.8 Å². The van der Waals surface area contributed by atoms with E-state index in [0.717, 1.165) is 0 Å². The van der Waals surface area contributed by atoms with Gasteiger partial charge in [0.25, 0.3) is 0 Å². The van der Waals surface area contributed by atoms with Gasteiger partial charge in [-0.05, 0) is 11.5 Å². The van der Waals surface area contributed by atoms with E-state index < -0.39 is 0 Å². The monoisotopic (exact) mass is 244 g/mol. The van der Waals surface area contributed by atoms with E-state index in [1.165, 1.54) is 5.56 Å². The van der Waals surface area contributed by atoms with Gasteiger partial charge in [-0.3, -0.25) is 0 Å². The van der Waals surface area contributed by atoms with E-state index in [-0.39, 0.29) is 11.9 Å². The molecule has 0 aliphatic heterocycles. The summed E-state index contributed by atoms with van der Waals surface area (Å²) < 4.78 is 0. The summed E-state index contributed by atoms with van der Waals surface area (Å²) in [6.07, 6.45) is 0. The molecule has 0 saturated heterocycles. The van der Waals surface area contributed by atoms with Crippen LogP contribution in [0.25, 0.3) is 0 Å². The molecule has 5 N–H and O–H groups in total. The largest absolute Gasteiger partial charge is 0.368 e. The first-order valence-corrected chi connectivity index (χ1v) is 5.71. The fraction of sp³-hybridized carbons (Fsp3) is 0.250. The number of nitrogens with one attached hydrogen (secondary N) is 1. The van der Waals surface area contributed by atoms with Crippen molar-refractivity contribution in [1.29, 1.82) is 0 Å². The predicted molar refractivity (Wildman–Crippen MR) is 72.0 cm³/mol. The highest BCUT2D eigenvalue weighted by molar-refractivity contribution is 5.37. The maximum atomic E-state index is 5.49. The van der Waals surface area contributed by atoms with Crippen LogP contribution in [0, 0.1) is 0 Å². The number of aromatic nitrogens is 3. The first-order valence-electron chi connectivity index (χ1n) is 5.71. The third-order valence-corrected chi connectivity index (χ3v) is 2.60. The molecule has 1 aromatic heterocycles. The number of anilines is 3. The molecule has 0 spiro atoms. The lowest BCUT2D eigenvalue weighted by molar-refractivity contribution is 0.796. The van der Waals surface area contributed by atoms with Crippen LogP contribution in [-0.4, -0.2) is 21.5 Å². The van der Waals surface area contributed by atoms with E-state index in [1.807, 2.05) is 18.2 Å². The van der Waals surface area contributed by atoms with Crippen LogP contribution in [0.1, 0.15) is 18.4 Å². The van der Waals surface area contributed by atoms with Gasteiger partial charge >= 0.3 is 0 Å². The first-order chi connectivity index (χ1) is 8.65. The first kappa shape index (κ1) is 12.1. The number of rotatable bonds is 4. The lowest BCUT2D eigenvalue weighted by Gasteiger charge is -2.13. The van der Waals surface area contributed by atoms with Crippen molar-refractivity contribution in [2.45, 2.75) is 12.8 Å². The molecule has 0 radical (unpaired) electrons. The van der Waals surface area contributed by atoms with Crippen LogP contribution in [0.2, 0.25) is 0 Å². The minimum absolute atomic E-state index is 0.123. The Balaban J connectivity index is 1.99. The molecule has 1 atom stereocenters. The van der Waals surface area contributed by atoms with E-state index in [1.54, 1.807) is 0 Å². The Morgan fingerprint density at radius 2 is 1.67 bits per heavy atom. The van der Waals surface area contributed by atoms with Gasteiger partial charge in [0.2, 0.25) is 17.8 Å². The number of nitrogens with two attached hydrogens (primary N) is 2. The third kappa shape index (κ3) is 3.07. The zero-order valence-corrected chi connectivity index (χ0v) is 10.2. The molecule has 1 heterocycles. The highest BCUT2D eigenvalue weighted by Gasteiger charge is 2.06. The molecule has 0 saturated carbocycles. The van der Waals surface area contributed by atoms with Gasteiger partial charge < -0.3 is 16.8 Å². The summed E-state index contributed by atoms with van der Waals surface area (Å²) in [6, 6.07) is 10.2. The maximum Gasteiger partial charge on any atom is 0.229 e. The van der Waals surface area contributed by atoms with Crippen LogP contribution in [0.4, 0.5) is 17.8 Å². The highest BCUT2D eigenvalue weighted by Crippen LogP contribution is 2.15. The number of hydrogen-bond donors (Lipinski definition) is 3. The van der Waals surface area contributed by atoms with Gasteiger partial charge in [-0.25, -0.2) is 0 Å². The molecular weight excluding hydrogens is 228 g/mol. The molecule has 18 heavy (non-hydrogen) atoms. The van der Waals surface area contributed by atoms with Crippen molar-refractivity contribution < 1.29 is 0 Å². The van der Waals surface area contributed by atoms with Gasteiger partial charge in [-0.2, -0.15) is 15.0 Å². The molecule has 0 amide bonds. The quantitative estimate of drug-likeness (QED) is 0.748. The smallest absolute Gasteiger partial charge is 0.229 e. The Bertz CT molecular complexity index is 493. The molecular formula is C12H16N6. The van der Waals surface area contributed by atoms with Crippen molar-refractivity contribution in [2.75, 3.05) is 23.3 Å². The molecule has 94 valence electrons. The van der Waals surface area contributed by atoms with Crippen LogP contribution >= 0.6 is 0 Å². The second-order valence-electron chi connectivity index (χ2n) is 4.07. The van der Waals surface area contributed by atoms with Crippen molar-refractivity contribution in [3.05, 3.63) is 35.9 Å². The minimum Gasteiger partial charge on any atom is -0.368 e. The standard InChI is InChI=1S/C12H16N6/c1-8(9-5-3-2-4-6-9)7-15-12-17-10(13)16-11(14)18-12/h2-6,8H,7H2,1H3,(H5,13,14,15,16,17,18). The number of nitrogen functional groups attached to an aromatic ring is 2. The average molecular weight is 244 g/mol. The number of nitrogens with zero attached hydrogens (tertiary/aromatic N) is 3. The molecule has 2 aromatic rings. The molecule has 6 nitrogen and oxygen atoms in total. The molecule has 6 heteroatoms. The second-order valence-corrected chi connectivity index (χ2v) is 4.07. The summed E-state index contributed by atoms with van der Waals surface area (Å²) in [4.78, 5) is 11.6. The summed E-state index contributed by atoms with van der Waals surface area (Å²) in [5, 5.41) is 3.10. The van der Waals surface area contributed by atoms with Crippen LogP contribution in [0.5, 0.6) is 0 Å². The predicted octanol–water partition coefficient (Wildman–Crippen LogP) is 1.25. The molecule has 0 aliphatic rings. The zero-order valence-electron chi connectivity index (χ0n) is 10.2. The Morgan fingerprint density at radius 3 is 2.28 bits per heavy atom. The summed E-state index contributed by atoms with van der Waals surface area (Å²) in [6.45, 7) is 2.82. The number of benzene rings is 1. The van der Waals surface area contributed by atoms with Gasteiger partial charge in [0.15, 0.2) is 0 Å². The Hall–Kier alpha value is -2.37. The van der Waals surface area contributed by atoms with Crippen LogP contribution in [0.3, 0.4) is 0 Å². The second kappa shape index (κ2) is 5.31. The Labute approximate surface area is 105 Å². The fourth-order valence-electron chi connectivity index (χ4n) is 1.63. The van der Waals surface area contributed by atoms with E-state index in [2.05, 4.69) is 39.3 Å². The van der Waals surface area contributed by atoms with E-state index in [4.69, 9.17) is 11.5 Å². The normalized spacial score (nSPS) is 12.1. The van der Waals surface area contributed by atoms with E-state index in [0.29, 0.717) is 18.4 Å². The summed E-state index contributed by atoms with van der Waals surface area (Å²) in [7, 11) is 0. The van der Waals surface area contributed by atoms with Gasteiger partial charge in [0.1, 0.15) is 0 Å². The average Bonchev–Trinajstić information content (AvgIpc) is 2.36. The fourth-order valence-corrected chi connectivity index (χ4v) is 1.63. The minimum atomic E-state index is 0.123. The third-order valence-electron chi connectivity index (χ3n) is 2.60. The lowest BCUT2D eigenvalue weighted by atomic mass is 10.0. The highest BCUT2D eigenvalue weighted by atomic mass is 15.2. The van der Waals surface area contributed by atoms with Gasteiger partial charge in [0.05, 0.1) is 0 Å². The van der Waals surface area contributed by atoms with Gasteiger partial charge in [0, 0.05) is 6.54 Å². The maximum absolute atomic E-state index is 5.49. The lowest BCUT2D eigenvalue weighted by Crippen LogP contribution is -2.14. The Kier molecular flexibility index (Phi) is 3.57.